The van der Waals surface area contributed by atoms with Crippen LogP contribution < -0.4 is 0 Å². The van der Waals surface area contributed by atoms with Crippen LogP contribution in [0, 0.1) is 5.92 Å². The number of aliphatic imine (C=N–C) groups is 1. The third-order valence-electron chi connectivity index (χ3n) is 3.15. The monoisotopic (exact) mass is 416 g/mol. The van der Waals surface area contributed by atoms with Gasteiger partial charge in [-0.2, -0.15) is 0 Å². The maximum Gasteiger partial charge on any atom is 0.266 e. The highest BCUT2D eigenvalue weighted by molar-refractivity contribution is 9.12. The number of fused-ring (bicyclic) bond motifs is 1. The third-order valence-corrected chi connectivity index (χ3v) is 6.38. The second-order valence-electron chi connectivity index (χ2n) is 4.43. The van der Waals surface area contributed by atoms with Crippen LogP contribution in [0.1, 0.15) is 0 Å². The molecule has 0 spiro atoms. The van der Waals surface area contributed by atoms with Crippen molar-refractivity contribution in [2.24, 2.45) is 10.9 Å². The summed E-state index contributed by atoms with van der Waals surface area (Å²) in [5, 5.41) is 0. The molecule has 0 amide bonds. The van der Waals surface area contributed by atoms with E-state index in [1.165, 1.54) is 4.31 Å². The number of hydrogen-bond donors (Lipinski definition) is 0. The first kappa shape index (κ1) is 14.0. The standard InChI is InChI=1S/C13H10Br2N2O2S/c14-10-7-9-5-6-17(13(9)16-8-10)20(18,19)12-4-2-1-3-11(12)15/h1-9,13H. The molecule has 104 valence electrons. The Labute approximate surface area is 134 Å². The maximum atomic E-state index is 12.7. The van der Waals surface area contributed by atoms with Crippen molar-refractivity contribution in [2.45, 2.75) is 11.1 Å². The summed E-state index contributed by atoms with van der Waals surface area (Å²) < 4.78 is 28.2. The van der Waals surface area contributed by atoms with Gasteiger partial charge in [0.2, 0.25) is 0 Å². The summed E-state index contributed by atoms with van der Waals surface area (Å²) in [6.45, 7) is 0. The summed E-state index contributed by atoms with van der Waals surface area (Å²) in [5.41, 5.74) is 0. The Kier molecular flexibility index (Phi) is 3.60. The number of rotatable bonds is 2. The van der Waals surface area contributed by atoms with Crippen LogP contribution in [-0.2, 0) is 10.0 Å². The van der Waals surface area contributed by atoms with E-state index in [-0.39, 0.29) is 10.8 Å². The first-order valence-electron chi connectivity index (χ1n) is 5.87. The highest BCUT2D eigenvalue weighted by Gasteiger charge is 2.37. The zero-order chi connectivity index (χ0) is 14.3. The summed E-state index contributed by atoms with van der Waals surface area (Å²) in [4.78, 5) is 4.55. The van der Waals surface area contributed by atoms with Crippen molar-refractivity contribution in [3.05, 3.63) is 51.6 Å². The van der Waals surface area contributed by atoms with Crippen molar-refractivity contribution in [3.8, 4) is 0 Å². The minimum absolute atomic E-state index is 0.0355. The molecule has 0 fully saturated rings. The lowest BCUT2D eigenvalue weighted by atomic mass is 10.1. The molecule has 2 aliphatic rings. The van der Waals surface area contributed by atoms with Crippen molar-refractivity contribution in [3.63, 3.8) is 0 Å². The minimum atomic E-state index is -3.62. The average Bonchev–Trinajstić information content (AvgIpc) is 2.82. The van der Waals surface area contributed by atoms with Crippen molar-refractivity contribution in [1.82, 2.24) is 4.31 Å². The van der Waals surface area contributed by atoms with Crippen molar-refractivity contribution in [1.29, 1.82) is 0 Å². The molecule has 0 saturated heterocycles. The van der Waals surface area contributed by atoms with Crippen molar-refractivity contribution < 1.29 is 8.42 Å². The van der Waals surface area contributed by atoms with Crippen LogP contribution in [0.25, 0.3) is 0 Å². The van der Waals surface area contributed by atoms with Crippen molar-refractivity contribution in [2.75, 3.05) is 0 Å². The van der Waals surface area contributed by atoms with Gasteiger partial charge < -0.3 is 0 Å². The molecule has 7 heteroatoms. The van der Waals surface area contributed by atoms with E-state index in [4.69, 9.17) is 0 Å². The Balaban J connectivity index is 2.01. The minimum Gasteiger partial charge on any atom is -0.265 e. The van der Waals surface area contributed by atoms with Crippen LogP contribution in [-0.4, -0.2) is 25.1 Å². The highest BCUT2D eigenvalue weighted by Crippen LogP contribution is 2.34. The van der Waals surface area contributed by atoms with Crippen LogP contribution in [0.2, 0.25) is 0 Å². The molecule has 0 radical (unpaired) electrons. The molecule has 1 aromatic rings. The zero-order valence-electron chi connectivity index (χ0n) is 10.1. The van der Waals surface area contributed by atoms with E-state index in [1.54, 1.807) is 36.7 Å². The normalized spacial score (nSPS) is 24.7. The molecule has 2 aliphatic heterocycles. The van der Waals surface area contributed by atoms with Crippen LogP contribution in [0.3, 0.4) is 0 Å². The van der Waals surface area contributed by atoms with Crippen LogP contribution in [0.5, 0.6) is 0 Å². The van der Waals surface area contributed by atoms with Crippen LogP contribution in [0.15, 0.2) is 61.5 Å². The van der Waals surface area contributed by atoms with Crippen LogP contribution >= 0.6 is 31.9 Å². The Morgan fingerprint density at radius 1 is 1.20 bits per heavy atom. The summed E-state index contributed by atoms with van der Waals surface area (Å²) in [6.07, 6.45) is 6.58. The van der Waals surface area contributed by atoms with Gasteiger partial charge in [-0.1, -0.05) is 24.3 Å². The lowest BCUT2D eigenvalue weighted by Gasteiger charge is -2.26. The molecular weight excluding hydrogens is 408 g/mol. The Morgan fingerprint density at radius 3 is 2.70 bits per heavy atom. The van der Waals surface area contributed by atoms with Gasteiger partial charge in [-0.3, -0.25) is 4.99 Å². The van der Waals surface area contributed by atoms with Gasteiger partial charge in [0.25, 0.3) is 10.0 Å². The fourth-order valence-electron chi connectivity index (χ4n) is 2.21. The van der Waals surface area contributed by atoms with Gasteiger partial charge in [0.1, 0.15) is 11.1 Å². The quantitative estimate of drug-likeness (QED) is 0.741. The van der Waals surface area contributed by atoms with E-state index < -0.39 is 16.2 Å². The summed E-state index contributed by atoms with van der Waals surface area (Å²) >= 11 is 6.64. The summed E-state index contributed by atoms with van der Waals surface area (Å²) in [7, 11) is -3.62. The van der Waals surface area contributed by atoms with E-state index in [0.717, 1.165) is 4.48 Å². The molecule has 20 heavy (non-hydrogen) atoms. The molecule has 0 N–H and O–H groups in total. The SMILES string of the molecule is O=S(=O)(c1ccccc1Br)N1C=CC2C=C(Br)C=NC21. The van der Waals surface area contributed by atoms with Gasteiger partial charge in [-0.05, 0) is 44.0 Å². The Hall–Kier alpha value is -0.920. The highest BCUT2D eigenvalue weighted by atomic mass is 79.9. The van der Waals surface area contributed by atoms with E-state index in [1.807, 2.05) is 12.2 Å². The molecule has 0 saturated carbocycles. The predicted octanol–water partition coefficient (Wildman–Crippen LogP) is 3.27. The average molecular weight is 418 g/mol. The van der Waals surface area contributed by atoms with E-state index in [2.05, 4.69) is 36.9 Å². The van der Waals surface area contributed by atoms with Crippen molar-refractivity contribution >= 4 is 48.1 Å². The zero-order valence-corrected chi connectivity index (χ0v) is 14.1. The molecule has 1 aromatic carbocycles. The molecule has 3 rings (SSSR count). The number of benzene rings is 1. The van der Waals surface area contributed by atoms with Gasteiger partial charge in [0.05, 0.1) is 0 Å². The largest absolute Gasteiger partial charge is 0.266 e. The number of hydrogen-bond acceptors (Lipinski definition) is 3. The van der Waals surface area contributed by atoms with E-state index >= 15 is 0 Å². The fraction of sp³-hybridized carbons (Fsp3) is 0.154. The molecule has 0 aromatic heterocycles. The number of dihydropyridines is 1. The first-order chi connectivity index (χ1) is 9.50. The first-order valence-corrected chi connectivity index (χ1v) is 8.89. The summed E-state index contributed by atoms with van der Waals surface area (Å²) in [6, 6.07) is 6.78. The van der Waals surface area contributed by atoms with Gasteiger partial charge in [-0.15, -0.1) is 0 Å². The predicted molar refractivity (Wildman–Crippen MR) is 85.1 cm³/mol. The molecule has 0 aliphatic carbocycles. The number of sulfonamides is 1. The molecular formula is C13H10Br2N2O2S. The van der Waals surface area contributed by atoms with Gasteiger partial charge in [0, 0.05) is 27.3 Å². The maximum absolute atomic E-state index is 12.7. The number of nitrogens with zero attached hydrogens (tertiary/aromatic N) is 2. The lowest BCUT2D eigenvalue weighted by molar-refractivity contribution is 0.398. The second-order valence-corrected chi connectivity index (χ2v) is 8.01. The molecule has 0 bridgehead atoms. The van der Waals surface area contributed by atoms with Gasteiger partial charge in [0.15, 0.2) is 0 Å². The van der Waals surface area contributed by atoms with Gasteiger partial charge >= 0.3 is 0 Å². The second kappa shape index (κ2) is 5.13. The Morgan fingerprint density at radius 2 is 1.95 bits per heavy atom. The topological polar surface area (TPSA) is 49.7 Å². The van der Waals surface area contributed by atoms with Gasteiger partial charge in [-0.25, -0.2) is 12.7 Å². The fourth-order valence-corrected chi connectivity index (χ4v) is 5.04. The Bertz CT molecular complexity index is 740. The van der Waals surface area contributed by atoms with E-state index in [9.17, 15) is 8.42 Å². The molecule has 2 atom stereocenters. The lowest BCUT2D eigenvalue weighted by Crippen LogP contribution is -2.36. The molecule has 2 heterocycles. The number of allylic oxidation sites excluding steroid dienone is 1. The van der Waals surface area contributed by atoms with Crippen LogP contribution in [0.4, 0.5) is 0 Å². The van der Waals surface area contributed by atoms with E-state index in [0.29, 0.717) is 4.47 Å². The summed E-state index contributed by atoms with van der Waals surface area (Å²) in [5.74, 6) is -0.0355. The molecule has 2 unspecified atom stereocenters. The smallest absolute Gasteiger partial charge is 0.265 e. The third kappa shape index (κ3) is 2.27. The number of halogens is 2. The molecule has 4 nitrogen and oxygen atoms in total.